The number of benzene rings is 2. The molecule has 1 amide bonds. The van der Waals surface area contributed by atoms with Crippen LogP contribution >= 0.6 is 0 Å². The van der Waals surface area contributed by atoms with Gasteiger partial charge in [0.25, 0.3) is 0 Å². The van der Waals surface area contributed by atoms with Crippen LogP contribution in [0.1, 0.15) is 29.9 Å². The molecule has 1 unspecified atom stereocenters. The van der Waals surface area contributed by atoms with Crippen molar-refractivity contribution in [2.45, 2.75) is 25.7 Å². The summed E-state index contributed by atoms with van der Waals surface area (Å²) >= 11 is 0. The Labute approximate surface area is 169 Å². The number of hydrogen-bond donors (Lipinski definition) is 0. The van der Waals surface area contributed by atoms with E-state index in [1.807, 2.05) is 0 Å². The number of carbonyl (C=O) groups is 1. The normalized spacial score (nSPS) is 16.2. The number of ether oxygens (including phenoxy) is 1. The molecule has 1 aliphatic heterocycles. The predicted octanol–water partition coefficient (Wildman–Crippen LogP) is 5.38. The number of nitrogens with zero attached hydrogens (tertiary/aromatic N) is 3. The maximum absolute atomic E-state index is 14.4. The van der Waals surface area contributed by atoms with Gasteiger partial charge in [-0.25, -0.2) is 19.2 Å². The fourth-order valence-corrected chi connectivity index (χ4v) is 3.31. The summed E-state index contributed by atoms with van der Waals surface area (Å²) < 4.78 is 58.2. The van der Waals surface area contributed by atoms with E-state index >= 15 is 0 Å². The zero-order valence-corrected chi connectivity index (χ0v) is 15.7. The summed E-state index contributed by atoms with van der Waals surface area (Å²) in [6.07, 6.45) is -2.09. The van der Waals surface area contributed by atoms with E-state index in [9.17, 15) is 22.4 Å². The van der Waals surface area contributed by atoms with Gasteiger partial charge in [-0.1, -0.05) is 12.1 Å². The molecule has 1 aliphatic rings. The van der Waals surface area contributed by atoms with Gasteiger partial charge in [-0.3, -0.25) is 4.90 Å². The van der Waals surface area contributed by atoms with E-state index < -0.39 is 29.7 Å². The minimum Gasteiger partial charge on any atom is -0.410 e. The second-order valence-electron chi connectivity index (χ2n) is 6.78. The van der Waals surface area contributed by atoms with E-state index in [0.717, 1.165) is 12.1 Å². The first kappa shape index (κ1) is 19.8. The molecular formula is C21H15F4N3O2. The smallest absolute Gasteiger partial charge is 0.410 e. The first-order chi connectivity index (χ1) is 14.2. The first-order valence-corrected chi connectivity index (χ1v) is 8.99. The van der Waals surface area contributed by atoms with Crippen LogP contribution in [0.2, 0.25) is 0 Å². The monoisotopic (exact) mass is 417 g/mol. The molecule has 30 heavy (non-hydrogen) atoms. The predicted molar refractivity (Wildman–Crippen MR) is 98.9 cm³/mol. The van der Waals surface area contributed by atoms with Crippen LogP contribution in [0.3, 0.4) is 0 Å². The van der Waals surface area contributed by atoms with E-state index in [-0.39, 0.29) is 12.1 Å². The summed E-state index contributed by atoms with van der Waals surface area (Å²) in [5, 5.41) is 0. The minimum atomic E-state index is -4.63. The van der Waals surface area contributed by atoms with Gasteiger partial charge in [0.1, 0.15) is 17.4 Å². The molecule has 2 aromatic carbocycles. The molecule has 9 heteroatoms. The SMILES string of the molecule is CC1c2cc(-c3ccc(C(F)(F)F)cc3F)ccc2OC(=O)N1Cc1ncccn1. The third-order valence-electron chi connectivity index (χ3n) is 4.90. The molecule has 2 heterocycles. The number of aromatic nitrogens is 2. The topological polar surface area (TPSA) is 55.3 Å². The second-order valence-corrected chi connectivity index (χ2v) is 6.78. The highest BCUT2D eigenvalue weighted by Gasteiger charge is 2.33. The van der Waals surface area contributed by atoms with Crippen LogP contribution in [0.25, 0.3) is 11.1 Å². The Morgan fingerprint density at radius 1 is 1.10 bits per heavy atom. The first-order valence-electron chi connectivity index (χ1n) is 8.99. The molecular weight excluding hydrogens is 402 g/mol. The van der Waals surface area contributed by atoms with Crippen molar-refractivity contribution in [1.29, 1.82) is 0 Å². The molecule has 0 fully saturated rings. The van der Waals surface area contributed by atoms with Crippen molar-refractivity contribution in [2.24, 2.45) is 0 Å². The van der Waals surface area contributed by atoms with E-state index in [1.165, 1.54) is 17.0 Å². The van der Waals surface area contributed by atoms with Gasteiger partial charge in [0.15, 0.2) is 0 Å². The number of amides is 1. The van der Waals surface area contributed by atoms with Crippen molar-refractivity contribution in [3.05, 3.63) is 77.6 Å². The lowest BCUT2D eigenvalue weighted by Crippen LogP contribution is -2.39. The highest BCUT2D eigenvalue weighted by molar-refractivity contribution is 5.76. The molecule has 0 saturated carbocycles. The minimum absolute atomic E-state index is 0.0212. The third-order valence-corrected chi connectivity index (χ3v) is 4.90. The molecule has 154 valence electrons. The summed E-state index contributed by atoms with van der Waals surface area (Å²) in [5.74, 6) is -0.247. The van der Waals surface area contributed by atoms with E-state index in [0.29, 0.717) is 28.8 Å². The standard InChI is InChI=1S/C21H15F4N3O2/c1-12-16-9-13(15-5-4-14(10-17(15)22)21(23,24)25)3-6-18(16)30-20(29)28(12)11-19-26-7-2-8-27-19/h2-10,12H,11H2,1H3. The van der Waals surface area contributed by atoms with Crippen LogP contribution in [0.15, 0.2) is 54.9 Å². The molecule has 1 atom stereocenters. The fourth-order valence-electron chi connectivity index (χ4n) is 3.31. The van der Waals surface area contributed by atoms with E-state index in [1.54, 1.807) is 31.5 Å². The maximum Gasteiger partial charge on any atom is 0.416 e. The van der Waals surface area contributed by atoms with Crippen molar-refractivity contribution in [1.82, 2.24) is 14.9 Å². The number of rotatable bonds is 3. The largest absolute Gasteiger partial charge is 0.416 e. The van der Waals surface area contributed by atoms with Crippen LogP contribution in [-0.4, -0.2) is 21.0 Å². The highest BCUT2D eigenvalue weighted by atomic mass is 19.4. The van der Waals surface area contributed by atoms with Crippen LogP contribution in [-0.2, 0) is 12.7 Å². The Hall–Kier alpha value is -3.49. The summed E-state index contributed by atoms with van der Waals surface area (Å²) in [6.45, 7) is 1.88. The lowest BCUT2D eigenvalue weighted by molar-refractivity contribution is -0.137. The van der Waals surface area contributed by atoms with Gasteiger partial charge in [-0.15, -0.1) is 0 Å². The molecule has 0 N–H and O–H groups in total. The van der Waals surface area contributed by atoms with Gasteiger partial charge < -0.3 is 4.74 Å². The highest BCUT2D eigenvalue weighted by Crippen LogP contribution is 2.39. The Kier molecular flexibility index (Phi) is 4.89. The van der Waals surface area contributed by atoms with Gasteiger partial charge in [0.05, 0.1) is 18.2 Å². The molecule has 4 rings (SSSR count). The Balaban J connectivity index is 1.68. The Bertz CT molecular complexity index is 1100. The molecule has 3 aromatic rings. The summed E-state index contributed by atoms with van der Waals surface area (Å²) in [4.78, 5) is 22.0. The van der Waals surface area contributed by atoms with Crippen molar-refractivity contribution < 1.29 is 27.1 Å². The summed E-state index contributed by atoms with van der Waals surface area (Å²) in [7, 11) is 0. The van der Waals surface area contributed by atoms with Crippen LogP contribution in [0.4, 0.5) is 22.4 Å². The molecule has 1 aromatic heterocycles. The fraction of sp³-hybridized carbons (Fsp3) is 0.190. The number of halogens is 4. The Morgan fingerprint density at radius 3 is 2.50 bits per heavy atom. The Morgan fingerprint density at radius 2 is 1.83 bits per heavy atom. The van der Waals surface area contributed by atoms with Gasteiger partial charge in [-0.05, 0) is 42.8 Å². The van der Waals surface area contributed by atoms with Crippen LogP contribution in [0.5, 0.6) is 5.75 Å². The third kappa shape index (κ3) is 3.70. The molecule has 0 radical (unpaired) electrons. The van der Waals surface area contributed by atoms with Crippen molar-refractivity contribution in [3.63, 3.8) is 0 Å². The number of fused-ring (bicyclic) bond motifs is 1. The number of hydrogen-bond acceptors (Lipinski definition) is 4. The van der Waals surface area contributed by atoms with E-state index in [2.05, 4.69) is 9.97 Å². The number of alkyl halides is 3. The summed E-state index contributed by atoms with van der Waals surface area (Å²) in [6, 6.07) is 8.22. The quantitative estimate of drug-likeness (QED) is 0.537. The van der Waals surface area contributed by atoms with Gasteiger partial charge in [0.2, 0.25) is 0 Å². The molecule has 0 spiro atoms. The molecule has 0 aliphatic carbocycles. The lowest BCUT2D eigenvalue weighted by atomic mass is 9.96. The van der Waals surface area contributed by atoms with Crippen LogP contribution in [0, 0.1) is 5.82 Å². The molecule has 0 bridgehead atoms. The van der Waals surface area contributed by atoms with Gasteiger partial charge in [0, 0.05) is 23.5 Å². The molecule has 5 nitrogen and oxygen atoms in total. The molecule has 0 saturated heterocycles. The van der Waals surface area contributed by atoms with Crippen molar-refractivity contribution in [2.75, 3.05) is 0 Å². The average molecular weight is 417 g/mol. The van der Waals surface area contributed by atoms with Crippen molar-refractivity contribution >= 4 is 6.09 Å². The second kappa shape index (κ2) is 7.40. The average Bonchev–Trinajstić information content (AvgIpc) is 2.71. The van der Waals surface area contributed by atoms with E-state index in [4.69, 9.17) is 4.74 Å². The van der Waals surface area contributed by atoms with Gasteiger partial charge >= 0.3 is 12.3 Å². The van der Waals surface area contributed by atoms with Crippen LogP contribution < -0.4 is 4.74 Å². The van der Waals surface area contributed by atoms with Crippen molar-refractivity contribution in [3.8, 4) is 16.9 Å². The zero-order valence-electron chi connectivity index (χ0n) is 15.7. The number of carbonyl (C=O) groups excluding carboxylic acids is 1. The van der Waals surface area contributed by atoms with Gasteiger partial charge in [-0.2, -0.15) is 13.2 Å². The maximum atomic E-state index is 14.4. The summed E-state index contributed by atoms with van der Waals surface area (Å²) in [5.41, 5.74) is -0.0612. The lowest BCUT2D eigenvalue weighted by Gasteiger charge is -2.33. The zero-order chi connectivity index (χ0) is 21.5.